The highest BCUT2D eigenvalue weighted by atomic mass is 16.5. The highest BCUT2D eigenvalue weighted by Gasteiger charge is 2.14. The average Bonchev–Trinajstić information content (AvgIpc) is 2.51. The summed E-state index contributed by atoms with van der Waals surface area (Å²) < 4.78 is 15.9. The van der Waals surface area contributed by atoms with Gasteiger partial charge in [0.15, 0.2) is 11.5 Å². The van der Waals surface area contributed by atoms with Gasteiger partial charge in [0, 0.05) is 17.7 Å². The van der Waals surface area contributed by atoms with Crippen molar-refractivity contribution in [2.45, 2.75) is 26.3 Å². The van der Waals surface area contributed by atoms with E-state index in [9.17, 15) is 4.79 Å². The lowest BCUT2D eigenvalue weighted by atomic mass is 10.1. The molecule has 0 fully saturated rings. The molecule has 0 aromatic heterocycles. The summed E-state index contributed by atoms with van der Waals surface area (Å²) in [7, 11) is 4.66. The molecule has 0 radical (unpaired) electrons. The molecule has 116 valence electrons. The minimum Gasteiger partial charge on any atom is -0.493 e. The van der Waals surface area contributed by atoms with Crippen molar-refractivity contribution in [3.8, 4) is 17.2 Å². The molecule has 1 rings (SSSR count). The van der Waals surface area contributed by atoms with Gasteiger partial charge >= 0.3 is 0 Å². The second-order valence-corrected chi connectivity index (χ2v) is 4.57. The third kappa shape index (κ3) is 4.41. The van der Waals surface area contributed by atoms with Gasteiger partial charge in [-0.3, -0.25) is 4.79 Å². The van der Waals surface area contributed by atoms with E-state index in [1.165, 1.54) is 6.08 Å². The van der Waals surface area contributed by atoms with Crippen molar-refractivity contribution in [3.63, 3.8) is 0 Å². The van der Waals surface area contributed by atoms with Crippen molar-refractivity contribution in [2.24, 2.45) is 0 Å². The van der Waals surface area contributed by atoms with Gasteiger partial charge in [0.2, 0.25) is 11.7 Å². The van der Waals surface area contributed by atoms with Crippen molar-refractivity contribution in [1.29, 1.82) is 0 Å². The Morgan fingerprint density at radius 2 is 1.86 bits per heavy atom. The molecular formula is C16H23NO4. The van der Waals surface area contributed by atoms with Crippen molar-refractivity contribution in [3.05, 3.63) is 23.8 Å². The van der Waals surface area contributed by atoms with Gasteiger partial charge in [-0.05, 0) is 31.6 Å². The van der Waals surface area contributed by atoms with Crippen LogP contribution in [0.5, 0.6) is 17.2 Å². The van der Waals surface area contributed by atoms with Crippen LogP contribution in [0.25, 0.3) is 6.08 Å². The van der Waals surface area contributed by atoms with E-state index in [0.717, 1.165) is 12.0 Å². The SMILES string of the molecule is CC[C@H](C)NC(=O)/C=C/c1ccc(OC)c(OC)c1OC. The summed E-state index contributed by atoms with van der Waals surface area (Å²) in [4.78, 5) is 11.8. The molecule has 1 aromatic carbocycles. The molecule has 0 bridgehead atoms. The second-order valence-electron chi connectivity index (χ2n) is 4.57. The molecular weight excluding hydrogens is 270 g/mol. The van der Waals surface area contributed by atoms with Crippen molar-refractivity contribution in [2.75, 3.05) is 21.3 Å². The van der Waals surface area contributed by atoms with E-state index in [2.05, 4.69) is 5.32 Å². The lowest BCUT2D eigenvalue weighted by Gasteiger charge is -2.14. The monoisotopic (exact) mass is 293 g/mol. The predicted molar refractivity (Wildman–Crippen MR) is 83.0 cm³/mol. The number of carbonyl (C=O) groups is 1. The molecule has 0 saturated heterocycles. The van der Waals surface area contributed by atoms with E-state index < -0.39 is 0 Å². The highest BCUT2D eigenvalue weighted by Crippen LogP contribution is 2.40. The van der Waals surface area contributed by atoms with Crippen LogP contribution in [0.2, 0.25) is 0 Å². The van der Waals surface area contributed by atoms with Crippen LogP contribution in [0.3, 0.4) is 0 Å². The van der Waals surface area contributed by atoms with Crippen LogP contribution in [0.1, 0.15) is 25.8 Å². The molecule has 0 heterocycles. The van der Waals surface area contributed by atoms with Gasteiger partial charge in [0.1, 0.15) is 0 Å². The van der Waals surface area contributed by atoms with Crippen molar-refractivity contribution < 1.29 is 19.0 Å². The molecule has 0 spiro atoms. The van der Waals surface area contributed by atoms with Gasteiger partial charge in [-0.2, -0.15) is 0 Å². The third-order valence-corrected chi connectivity index (χ3v) is 3.15. The summed E-state index contributed by atoms with van der Waals surface area (Å²) in [5.74, 6) is 1.48. The van der Waals surface area contributed by atoms with Gasteiger partial charge in [-0.1, -0.05) is 6.92 Å². The molecule has 0 saturated carbocycles. The largest absolute Gasteiger partial charge is 0.493 e. The van der Waals surface area contributed by atoms with Crippen LogP contribution >= 0.6 is 0 Å². The normalized spacial score (nSPS) is 12.0. The molecule has 0 aliphatic heterocycles. The summed E-state index contributed by atoms with van der Waals surface area (Å²) in [6.07, 6.45) is 4.06. The average molecular weight is 293 g/mol. The number of hydrogen-bond donors (Lipinski definition) is 1. The Labute approximate surface area is 125 Å². The van der Waals surface area contributed by atoms with Crippen LogP contribution in [0.4, 0.5) is 0 Å². The van der Waals surface area contributed by atoms with Crippen LogP contribution in [0, 0.1) is 0 Å². The maximum atomic E-state index is 11.8. The Hall–Kier alpha value is -2.17. The fourth-order valence-corrected chi connectivity index (χ4v) is 1.81. The minimum atomic E-state index is -0.138. The van der Waals surface area contributed by atoms with Gasteiger partial charge in [0.05, 0.1) is 21.3 Å². The van der Waals surface area contributed by atoms with E-state index in [-0.39, 0.29) is 11.9 Å². The summed E-state index contributed by atoms with van der Waals surface area (Å²) >= 11 is 0. The standard InChI is InChI=1S/C16H23NO4/c1-6-11(2)17-14(18)10-8-12-7-9-13(19-3)16(21-5)15(12)20-4/h7-11H,6H2,1-5H3,(H,17,18)/b10-8+/t11-/m0/s1. The number of amides is 1. The van der Waals surface area contributed by atoms with E-state index in [1.54, 1.807) is 33.5 Å². The molecule has 1 amide bonds. The quantitative estimate of drug-likeness (QED) is 0.785. The third-order valence-electron chi connectivity index (χ3n) is 3.15. The molecule has 0 aliphatic rings. The van der Waals surface area contributed by atoms with Crippen LogP contribution in [0.15, 0.2) is 18.2 Å². The molecule has 1 aromatic rings. The first-order valence-corrected chi connectivity index (χ1v) is 6.84. The minimum absolute atomic E-state index is 0.138. The zero-order valence-electron chi connectivity index (χ0n) is 13.2. The zero-order chi connectivity index (χ0) is 15.8. The molecule has 1 atom stereocenters. The van der Waals surface area contributed by atoms with Gasteiger partial charge in [0.25, 0.3) is 0 Å². The fraction of sp³-hybridized carbons (Fsp3) is 0.438. The lowest BCUT2D eigenvalue weighted by molar-refractivity contribution is -0.117. The van der Waals surface area contributed by atoms with E-state index in [1.807, 2.05) is 19.9 Å². The summed E-state index contributed by atoms with van der Waals surface area (Å²) in [5.41, 5.74) is 0.745. The van der Waals surface area contributed by atoms with Crippen LogP contribution < -0.4 is 19.5 Å². The number of methoxy groups -OCH3 is 3. The van der Waals surface area contributed by atoms with Gasteiger partial charge in [-0.25, -0.2) is 0 Å². The number of nitrogens with one attached hydrogen (secondary N) is 1. The first-order valence-electron chi connectivity index (χ1n) is 6.84. The zero-order valence-corrected chi connectivity index (χ0v) is 13.2. The number of carbonyl (C=O) groups excluding carboxylic acids is 1. The lowest BCUT2D eigenvalue weighted by Crippen LogP contribution is -2.30. The molecule has 0 unspecified atom stereocenters. The Balaban J connectivity index is 3.00. The van der Waals surface area contributed by atoms with E-state index >= 15 is 0 Å². The topological polar surface area (TPSA) is 56.8 Å². The highest BCUT2D eigenvalue weighted by molar-refractivity contribution is 5.92. The smallest absolute Gasteiger partial charge is 0.244 e. The Morgan fingerprint density at radius 1 is 1.19 bits per heavy atom. The number of ether oxygens (including phenoxy) is 3. The van der Waals surface area contributed by atoms with Gasteiger partial charge in [-0.15, -0.1) is 0 Å². The first-order chi connectivity index (χ1) is 10.1. The van der Waals surface area contributed by atoms with E-state index in [4.69, 9.17) is 14.2 Å². The molecule has 1 N–H and O–H groups in total. The molecule has 5 heteroatoms. The number of rotatable bonds is 7. The number of benzene rings is 1. The van der Waals surface area contributed by atoms with E-state index in [0.29, 0.717) is 17.2 Å². The molecule has 0 aliphatic carbocycles. The number of hydrogen-bond acceptors (Lipinski definition) is 4. The summed E-state index contributed by atoms with van der Waals surface area (Å²) in [6, 6.07) is 3.73. The van der Waals surface area contributed by atoms with Gasteiger partial charge < -0.3 is 19.5 Å². The van der Waals surface area contributed by atoms with Crippen molar-refractivity contribution in [1.82, 2.24) is 5.32 Å². The van der Waals surface area contributed by atoms with Crippen LogP contribution in [-0.4, -0.2) is 33.3 Å². The first kappa shape index (κ1) is 16.9. The predicted octanol–water partition coefficient (Wildman–Crippen LogP) is 2.64. The second kappa shape index (κ2) is 8.19. The maximum Gasteiger partial charge on any atom is 0.244 e. The molecule has 21 heavy (non-hydrogen) atoms. The Morgan fingerprint density at radius 3 is 2.38 bits per heavy atom. The summed E-state index contributed by atoms with van der Waals surface area (Å²) in [5, 5.41) is 2.87. The molecule has 5 nitrogen and oxygen atoms in total. The van der Waals surface area contributed by atoms with Crippen LogP contribution in [-0.2, 0) is 4.79 Å². The van der Waals surface area contributed by atoms with Crippen molar-refractivity contribution >= 4 is 12.0 Å². The Kier molecular flexibility index (Phi) is 6.59. The fourth-order valence-electron chi connectivity index (χ4n) is 1.81. The summed E-state index contributed by atoms with van der Waals surface area (Å²) in [6.45, 7) is 3.98. The maximum absolute atomic E-state index is 11.8. The Bertz CT molecular complexity index is 511.